The van der Waals surface area contributed by atoms with Crippen LogP contribution in [0.1, 0.15) is 13.3 Å². The van der Waals surface area contributed by atoms with Gasteiger partial charge in [-0.1, -0.05) is 91.9 Å². The lowest BCUT2D eigenvalue weighted by atomic mass is 10.00. The Morgan fingerprint density at radius 1 is 0.367 bits per heavy atom. The predicted octanol–water partition coefficient (Wildman–Crippen LogP) is 16.0. The van der Waals surface area contributed by atoms with Gasteiger partial charge < -0.3 is 23.5 Å². The van der Waals surface area contributed by atoms with Crippen LogP contribution < -0.4 is 14.7 Å². The number of rotatable bonds is 9. The van der Waals surface area contributed by atoms with E-state index < -0.39 is 0 Å². The second kappa shape index (κ2) is 14.9. The third-order valence-corrected chi connectivity index (χ3v) is 11.5. The number of allylic oxidation sites excluding steroid dienone is 3. The highest BCUT2D eigenvalue weighted by atomic mass is 16.3. The summed E-state index contributed by atoms with van der Waals surface area (Å²) >= 11 is 0. The Bertz CT molecular complexity index is 3160. The van der Waals surface area contributed by atoms with Crippen molar-refractivity contribution < 1.29 is 8.83 Å². The SMILES string of the molecule is CC1C=C(N(c2ccccc2)c2ccc3oc4cc(N(c5ccccc5)c5ccc6c(c5)oc5ccc(N(c7ccccc7)c7ccccc7)cc56)ccc4c3c2)C=CC1. The van der Waals surface area contributed by atoms with E-state index in [0.29, 0.717) is 5.92 Å². The van der Waals surface area contributed by atoms with Crippen LogP contribution in [0.2, 0.25) is 0 Å². The highest BCUT2D eigenvalue weighted by molar-refractivity contribution is 6.09. The van der Waals surface area contributed by atoms with Gasteiger partial charge >= 0.3 is 0 Å². The minimum atomic E-state index is 0.469. The molecule has 0 spiro atoms. The van der Waals surface area contributed by atoms with Crippen molar-refractivity contribution in [3.63, 3.8) is 0 Å². The minimum Gasteiger partial charge on any atom is -0.456 e. The molecule has 11 rings (SSSR count). The summed E-state index contributed by atoms with van der Waals surface area (Å²) in [4.78, 5) is 6.89. The summed E-state index contributed by atoms with van der Waals surface area (Å²) in [7, 11) is 0. The molecule has 0 saturated heterocycles. The van der Waals surface area contributed by atoms with Crippen LogP contribution in [0.3, 0.4) is 0 Å². The van der Waals surface area contributed by atoms with Gasteiger partial charge in [-0.2, -0.15) is 0 Å². The predicted molar refractivity (Wildman–Crippen MR) is 250 cm³/mol. The second-order valence-electron chi connectivity index (χ2n) is 15.5. The molecule has 0 saturated carbocycles. The van der Waals surface area contributed by atoms with Crippen LogP contribution in [0.25, 0.3) is 43.9 Å². The number of fused-ring (bicyclic) bond motifs is 6. The molecule has 1 atom stereocenters. The standard InChI is InChI=1S/C55H41N3O2/c1-38-15-14-24-43(33-38)57(41-20-10-4-11-21-41)45-28-32-53-51(35-45)49-30-26-47(37-55(49)60-53)58(42-22-12-5-13-23-42)46-25-29-48-50-34-44(27-31-52(50)59-54(48)36-46)56(39-16-6-2-7-17-39)40-18-8-3-9-19-40/h2-14,16-38H,15H2,1H3. The van der Waals surface area contributed by atoms with Crippen LogP contribution >= 0.6 is 0 Å². The van der Waals surface area contributed by atoms with Crippen LogP contribution in [-0.4, -0.2) is 0 Å². The van der Waals surface area contributed by atoms with E-state index in [1.54, 1.807) is 0 Å². The maximum Gasteiger partial charge on any atom is 0.137 e. The molecule has 288 valence electrons. The molecule has 2 heterocycles. The number of benzene rings is 8. The van der Waals surface area contributed by atoms with Gasteiger partial charge in [0, 0.05) is 84.9 Å². The Balaban J connectivity index is 0.991. The largest absolute Gasteiger partial charge is 0.456 e. The van der Waals surface area contributed by atoms with Crippen LogP contribution in [0.4, 0.5) is 45.5 Å². The van der Waals surface area contributed by atoms with Crippen molar-refractivity contribution in [1.82, 2.24) is 0 Å². The van der Waals surface area contributed by atoms with Crippen LogP contribution in [0.15, 0.2) is 227 Å². The number of furan rings is 2. The van der Waals surface area contributed by atoms with E-state index in [1.807, 2.05) is 0 Å². The number of hydrogen-bond donors (Lipinski definition) is 0. The summed E-state index contributed by atoms with van der Waals surface area (Å²) < 4.78 is 13.2. The van der Waals surface area contributed by atoms with Crippen LogP contribution in [0, 0.1) is 5.92 Å². The number of para-hydroxylation sites is 4. The lowest BCUT2D eigenvalue weighted by molar-refractivity contribution is 0.669. The summed E-state index contributed by atoms with van der Waals surface area (Å²) in [6.45, 7) is 2.27. The first-order valence-corrected chi connectivity index (χ1v) is 20.6. The first-order chi connectivity index (χ1) is 29.6. The van der Waals surface area contributed by atoms with Crippen molar-refractivity contribution in [3.05, 3.63) is 218 Å². The van der Waals surface area contributed by atoms with Crippen molar-refractivity contribution in [2.75, 3.05) is 14.7 Å². The van der Waals surface area contributed by atoms with Gasteiger partial charge in [-0.15, -0.1) is 0 Å². The molecule has 1 aliphatic carbocycles. The normalized spacial score (nSPS) is 13.9. The Morgan fingerprint density at radius 2 is 0.750 bits per heavy atom. The Morgan fingerprint density at radius 3 is 1.20 bits per heavy atom. The zero-order valence-electron chi connectivity index (χ0n) is 33.1. The smallest absolute Gasteiger partial charge is 0.137 e. The van der Waals surface area contributed by atoms with Crippen LogP contribution in [-0.2, 0) is 0 Å². The topological polar surface area (TPSA) is 36.0 Å². The molecule has 0 bridgehead atoms. The van der Waals surface area contributed by atoms with Gasteiger partial charge in [0.05, 0.1) is 0 Å². The maximum atomic E-state index is 6.63. The summed E-state index contributed by atoms with van der Waals surface area (Å²) in [6.07, 6.45) is 7.92. The van der Waals surface area contributed by atoms with Gasteiger partial charge in [-0.3, -0.25) is 0 Å². The molecule has 2 aromatic heterocycles. The molecule has 0 amide bonds. The Kier molecular flexibility index (Phi) is 8.78. The summed E-state index contributed by atoms with van der Waals surface area (Å²) in [5.74, 6) is 0.469. The van der Waals surface area contributed by atoms with Gasteiger partial charge in [0.25, 0.3) is 0 Å². The number of nitrogens with zero attached hydrogens (tertiary/aromatic N) is 3. The van der Waals surface area contributed by atoms with Crippen molar-refractivity contribution in [1.29, 1.82) is 0 Å². The lowest BCUT2D eigenvalue weighted by Gasteiger charge is -2.28. The van der Waals surface area contributed by atoms with Crippen molar-refractivity contribution in [3.8, 4) is 0 Å². The molecule has 60 heavy (non-hydrogen) atoms. The highest BCUT2D eigenvalue weighted by Crippen LogP contribution is 2.44. The Hall–Kier alpha value is -7.76. The fourth-order valence-electron chi connectivity index (χ4n) is 8.68. The zero-order valence-corrected chi connectivity index (χ0v) is 33.1. The molecule has 5 heteroatoms. The highest BCUT2D eigenvalue weighted by Gasteiger charge is 2.21. The molecule has 0 fully saturated rings. The second-order valence-corrected chi connectivity index (χ2v) is 15.5. The third kappa shape index (κ3) is 6.37. The van der Waals surface area contributed by atoms with Gasteiger partial charge in [0.1, 0.15) is 22.3 Å². The first kappa shape index (κ1) is 35.4. The van der Waals surface area contributed by atoms with Crippen molar-refractivity contribution in [2.24, 2.45) is 5.92 Å². The average Bonchev–Trinajstić information content (AvgIpc) is 3.85. The van der Waals surface area contributed by atoms with E-state index in [4.69, 9.17) is 8.83 Å². The van der Waals surface area contributed by atoms with Gasteiger partial charge in [0.15, 0.2) is 0 Å². The summed E-state index contributed by atoms with van der Waals surface area (Å²) in [6, 6.07) is 68.1. The van der Waals surface area contributed by atoms with Gasteiger partial charge in [-0.05, 0) is 128 Å². The molecule has 8 aromatic carbocycles. The third-order valence-electron chi connectivity index (χ3n) is 11.5. The quantitative estimate of drug-likeness (QED) is 0.146. The lowest BCUT2D eigenvalue weighted by Crippen LogP contribution is -2.17. The molecule has 0 N–H and O–H groups in total. The summed E-state index contributed by atoms with van der Waals surface area (Å²) in [5, 5.41) is 4.28. The van der Waals surface area contributed by atoms with Crippen LogP contribution in [0.5, 0.6) is 0 Å². The fraction of sp³-hybridized carbons (Fsp3) is 0.0545. The van der Waals surface area contributed by atoms with E-state index in [-0.39, 0.29) is 0 Å². The van der Waals surface area contributed by atoms with E-state index in [0.717, 1.165) is 95.8 Å². The molecule has 0 radical (unpaired) electrons. The molecule has 10 aromatic rings. The fourth-order valence-corrected chi connectivity index (χ4v) is 8.68. The molecule has 0 aliphatic heterocycles. The first-order valence-electron chi connectivity index (χ1n) is 20.6. The minimum absolute atomic E-state index is 0.469. The molecular formula is C55H41N3O2. The van der Waals surface area contributed by atoms with Crippen molar-refractivity contribution >= 4 is 89.4 Å². The van der Waals surface area contributed by atoms with E-state index in [2.05, 4.69) is 234 Å². The molecule has 1 aliphatic rings. The molecule has 5 nitrogen and oxygen atoms in total. The van der Waals surface area contributed by atoms with Gasteiger partial charge in [0.2, 0.25) is 0 Å². The summed E-state index contributed by atoms with van der Waals surface area (Å²) in [5.41, 5.74) is 13.0. The maximum absolute atomic E-state index is 6.63. The monoisotopic (exact) mass is 775 g/mol. The van der Waals surface area contributed by atoms with E-state index >= 15 is 0 Å². The van der Waals surface area contributed by atoms with E-state index in [1.165, 1.54) is 5.70 Å². The van der Waals surface area contributed by atoms with E-state index in [9.17, 15) is 0 Å². The van der Waals surface area contributed by atoms with Crippen molar-refractivity contribution in [2.45, 2.75) is 13.3 Å². The average molecular weight is 776 g/mol. The zero-order chi connectivity index (χ0) is 40.0. The van der Waals surface area contributed by atoms with Gasteiger partial charge in [-0.25, -0.2) is 0 Å². The number of hydrogen-bond acceptors (Lipinski definition) is 5. The Labute approximate surface area is 348 Å². The molecular weight excluding hydrogens is 735 g/mol. The number of anilines is 8. The molecule has 1 unspecified atom stereocenters.